The molecule has 2 N–H and O–H groups in total. The smallest absolute Gasteiger partial charge is 0.0507 e. The summed E-state index contributed by atoms with van der Waals surface area (Å²) < 4.78 is 0. The predicted octanol–water partition coefficient (Wildman–Crippen LogP) is 4.04. The summed E-state index contributed by atoms with van der Waals surface area (Å²) in [6.45, 7) is 6.96. The summed E-state index contributed by atoms with van der Waals surface area (Å²) >= 11 is 1.79. The van der Waals surface area contributed by atoms with Crippen LogP contribution in [0.15, 0.2) is 16.8 Å². The number of likely N-dealkylation sites (tertiary alicyclic amines) is 1. The van der Waals surface area contributed by atoms with Crippen LogP contribution in [0.25, 0.3) is 0 Å². The van der Waals surface area contributed by atoms with Crippen molar-refractivity contribution in [2.45, 2.75) is 58.0 Å². The van der Waals surface area contributed by atoms with Crippen molar-refractivity contribution in [3.8, 4) is 0 Å². The van der Waals surface area contributed by atoms with E-state index < -0.39 is 0 Å². The maximum absolute atomic E-state index is 6.42. The van der Waals surface area contributed by atoms with Gasteiger partial charge in [-0.3, -0.25) is 4.90 Å². The van der Waals surface area contributed by atoms with Crippen LogP contribution < -0.4 is 5.73 Å². The Balaban J connectivity index is 2.10. The second kappa shape index (κ2) is 7.41. The summed E-state index contributed by atoms with van der Waals surface area (Å²) in [5.74, 6) is 0.922. The van der Waals surface area contributed by atoms with Crippen LogP contribution in [0.2, 0.25) is 0 Å². The van der Waals surface area contributed by atoms with E-state index in [-0.39, 0.29) is 6.04 Å². The minimum atomic E-state index is 0.257. The first-order valence-electron chi connectivity index (χ1n) is 7.78. The predicted molar refractivity (Wildman–Crippen MR) is 84.5 cm³/mol. The summed E-state index contributed by atoms with van der Waals surface area (Å²) in [4.78, 5) is 2.64. The summed E-state index contributed by atoms with van der Waals surface area (Å²) in [6.07, 6.45) is 6.44. The van der Waals surface area contributed by atoms with Gasteiger partial charge in [0, 0.05) is 6.04 Å². The molecule has 1 aromatic heterocycles. The Kier molecular flexibility index (Phi) is 5.86. The fraction of sp³-hybridized carbons (Fsp3) is 0.750. The third kappa shape index (κ3) is 3.80. The summed E-state index contributed by atoms with van der Waals surface area (Å²) in [5, 5.41) is 4.46. The van der Waals surface area contributed by atoms with E-state index in [0.717, 1.165) is 12.3 Å². The number of nitrogens with two attached hydrogens (primary N) is 1. The van der Waals surface area contributed by atoms with E-state index in [0.29, 0.717) is 6.04 Å². The van der Waals surface area contributed by atoms with E-state index in [2.05, 4.69) is 35.6 Å². The average molecular weight is 280 g/mol. The van der Waals surface area contributed by atoms with Gasteiger partial charge in [-0.25, -0.2) is 0 Å². The van der Waals surface area contributed by atoms with Crippen LogP contribution in [0.3, 0.4) is 0 Å². The van der Waals surface area contributed by atoms with E-state index in [1.807, 2.05) is 0 Å². The van der Waals surface area contributed by atoms with E-state index in [9.17, 15) is 0 Å². The molecule has 0 saturated carbocycles. The fourth-order valence-corrected chi connectivity index (χ4v) is 3.96. The quantitative estimate of drug-likeness (QED) is 0.882. The Labute approximate surface area is 122 Å². The van der Waals surface area contributed by atoms with Gasteiger partial charge in [-0.05, 0) is 67.1 Å². The van der Waals surface area contributed by atoms with Gasteiger partial charge in [0.15, 0.2) is 0 Å². The monoisotopic (exact) mass is 280 g/mol. The fourth-order valence-electron chi connectivity index (χ4n) is 3.27. The lowest BCUT2D eigenvalue weighted by atomic mass is 9.97. The summed E-state index contributed by atoms with van der Waals surface area (Å²) in [6, 6.07) is 2.94. The zero-order chi connectivity index (χ0) is 13.7. The van der Waals surface area contributed by atoms with Gasteiger partial charge in [0.2, 0.25) is 0 Å². The average Bonchev–Trinajstić information content (AvgIpc) is 2.84. The van der Waals surface area contributed by atoms with Crippen LogP contribution in [0.4, 0.5) is 0 Å². The lowest BCUT2D eigenvalue weighted by Gasteiger charge is -2.34. The summed E-state index contributed by atoms with van der Waals surface area (Å²) in [5.41, 5.74) is 7.85. The molecule has 3 atom stereocenters. The summed E-state index contributed by atoms with van der Waals surface area (Å²) in [7, 11) is 0. The zero-order valence-corrected chi connectivity index (χ0v) is 13.2. The second-order valence-electron chi connectivity index (χ2n) is 5.81. The molecule has 0 aromatic carbocycles. The molecule has 1 aromatic rings. The molecule has 3 heteroatoms. The highest BCUT2D eigenvalue weighted by Crippen LogP contribution is 2.31. The van der Waals surface area contributed by atoms with Gasteiger partial charge in [-0.2, -0.15) is 11.3 Å². The molecule has 0 amide bonds. The molecular formula is C16H28N2S. The SMILES string of the molecule is CCC1CCCN(C(c2ccsc2)C(N)CC)CC1. The number of thiophene rings is 1. The van der Waals surface area contributed by atoms with Gasteiger partial charge in [0.25, 0.3) is 0 Å². The Morgan fingerprint density at radius 1 is 1.37 bits per heavy atom. The minimum absolute atomic E-state index is 0.257. The Hall–Kier alpha value is -0.380. The number of hydrogen-bond donors (Lipinski definition) is 1. The van der Waals surface area contributed by atoms with E-state index in [1.165, 1.54) is 44.3 Å². The van der Waals surface area contributed by atoms with Crippen LogP contribution >= 0.6 is 11.3 Å². The molecule has 108 valence electrons. The molecule has 0 aliphatic carbocycles. The third-order valence-corrected chi connectivity index (χ3v) is 5.32. The Morgan fingerprint density at radius 3 is 2.84 bits per heavy atom. The maximum Gasteiger partial charge on any atom is 0.0507 e. The molecule has 2 heterocycles. The molecule has 1 saturated heterocycles. The lowest BCUT2D eigenvalue weighted by Crippen LogP contribution is -2.41. The van der Waals surface area contributed by atoms with Gasteiger partial charge in [0.05, 0.1) is 6.04 Å². The Morgan fingerprint density at radius 2 is 2.21 bits per heavy atom. The molecular weight excluding hydrogens is 252 g/mol. The van der Waals surface area contributed by atoms with Gasteiger partial charge < -0.3 is 5.73 Å². The van der Waals surface area contributed by atoms with E-state index in [1.54, 1.807) is 11.3 Å². The van der Waals surface area contributed by atoms with Crippen molar-refractivity contribution in [3.05, 3.63) is 22.4 Å². The van der Waals surface area contributed by atoms with E-state index in [4.69, 9.17) is 5.73 Å². The first-order valence-corrected chi connectivity index (χ1v) is 8.72. The van der Waals surface area contributed by atoms with Crippen LogP contribution in [0.5, 0.6) is 0 Å². The van der Waals surface area contributed by atoms with Crippen LogP contribution in [0, 0.1) is 5.92 Å². The first kappa shape index (κ1) is 15.0. The zero-order valence-electron chi connectivity index (χ0n) is 12.3. The second-order valence-corrected chi connectivity index (χ2v) is 6.59. The van der Waals surface area contributed by atoms with E-state index >= 15 is 0 Å². The maximum atomic E-state index is 6.42. The molecule has 1 aliphatic rings. The third-order valence-electron chi connectivity index (χ3n) is 4.61. The topological polar surface area (TPSA) is 29.3 Å². The van der Waals surface area contributed by atoms with Crippen LogP contribution in [-0.2, 0) is 0 Å². The highest BCUT2D eigenvalue weighted by atomic mass is 32.1. The van der Waals surface area contributed by atoms with Crippen molar-refractivity contribution in [2.24, 2.45) is 11.7 Å². The van der Waals surface area contributed by atoms with Gasteiger partial charge in [0.1, 0.15) is 0 Å². The molecule has 2 rings (SSSR count). The van der Waals surface area contributed by atoms with Gasteiger partial charge in [-0.15, -0.1) is 0 Å². The molecule has 2 nitrogen and oxygen atoms in total. The van der Waals surface area contributed by atoms with Gasteiger partial charge >= 0.3 is 0 Å². The van der Waals surface area contributed by atoms with Crippen molar-refractivity contribution in [1.29, 1.82) is 0 Å². The first-order chi connectivity index (χ1) is 9.26. The van der Waals surface area contributed by atoms with Crippen LogP contribution in [-0.4, -0.2) is 24.0 Å². The normalized spacial score (nSPS) is 24.9. The molecule has 0 radical (unpaired) electrons. The Bertz CT molecular complexity index is 350. The van der Waals surface area contributed by atoms with Crippen molar-refractivity contribution in [1.82, 2.24) is 4.90 Å². The minimum Gasteiger partial charge on any atom is -0.326 e. The largest absolute Gasteiger partial charge is 0.326 e. The molecule has 0 bridgehead atoms. The van der Waals surface area contributed by atoms with Crippen molar-refractivity contribution in [2.75, 3.05) is 13.1 Å². The molecule has 3 unspecified atom stereocenters. The number of hydrogen-bond acceptors (Lipinski definition) is 3. The molecule has 19 heavy (non-hydrogen) atoms. The van der Waals surface area contributed by atoms with Gasteiger partial charge in [-0.1, -0.05) is 20.3 Å². The van der Waals surface area contributed by atoms with Crippen LogP contribution in [0.1, 0.15) is 57.6 Å². The molecule has 0 spiro atoms. The lowest BCUT2D eigenvalue weighted by molar-refractivity contribution is 0.173. The highest BCUT2D eigenvalue weighted by molar-refractivity contribution is 7.07. The molecule has 1 aliphatic heterocycles. The number of rotatable bonds is 5. The van der Waals surface area contributed by atoms with Crippen molar-refractivity contribution < 1.29 is 0 Å². The number of nitrogens with zero attached hydrogens (tertiary/aromatic N) is 1. The highest BCUT2D eigenvalue weighted by Gasteiger charge is 2.27. The standard InChI is InChI=1S/C16H28N2S/c1-3-13-6-5-9-18(10-7-13)16(15(17)4-2)14-8-11-19-12-14/h8,11-13,15-16H,3-7,9-10,17H2,1-2H3. The van der Waals surface area contributed by atoms with Crippen molar-refractivity contribution in [3.63, 3.8) is 0 Å². The van der Waals surface area contributed by atoms with Crippen molar-refractivity contribution >= 4 is 11.3 Å². The molecule has 1 fully saturated rings.